The monoisotopic (exact) mass is 283 g/mol. The van der Waals surface area contributed by atoms with E-state index < -0.39 is 0 Å². The molecule has 0 radical (unpaired) electrons. The van der Waals surface area contributed by atoms with Gasteiger partial charge in [-0.15, -0.1) is 0 Å². The van der Waals surface area contributed by atoms with E-state index in [1.807, 2.05) is 6.92 Å². The molecule has 1 aromatic heterocycles. The van der Waals surface area contributed by atoms with Crippen LogP contribution in [0.5, 0.6) is 0 Å². The number of carbonyl (C=O) groups excluding carboxylic acids is 1. The normalized spacial score (nSPS) is 10.4. The van der Waals surface area contributed by atoms with Crippen molar-refractivity contribution in [3.63, 3.8) is 0 Å². The number of aryl methyl sites for hydroxylation is 1. The molecule has 1 aromatic carbocycles. The topological polar surface area (TPSA) is 57.8 Å². The van der Waals surface area contributed by atoms with Crippen molar-refractivity contribution in [3.05, 3.63) is 45.6 Å². The first kappa shape index (κ1) is 12.9. The van der Waals surface area contributed by atoms with Gasteiger partial charge in [0.2, 0.25) is 5.91 Å². The fourth-order valence-corrected chi connectivity index (χ4v) is 1.82. The second-order valence-electron chi connectivity index (χ2n) is 3.91. The summed E-state index contributed by atoms with van der Waals surface area (Å²) in [6, 6.07) is 6.88. The zero-order valence-electron chi connectivity index (χ0n) is 9.63. The molecule has 0 saturated carbocycles. The van der Waals surface area contributed by atoms with Gasteiger partial charge in [0.15, 0.2) is 5.82 Å². The second kappa shape index (κ2) is 5.42. The Kier molecular flexibility index (Phi) is 3.89. The van der Waals surface area contributed by atoms with Crippen molar-refractivity contribution < 1.29 is 4.79 Å². The van der Waals surface area contributed by atoms with Crippen molar-refractivity contribution in [1.82, 2.24) is 10.2 Å². The van der Waals surface area contributed by atoms with Crippen LogP contribution in [0.2, 0.25) is 10.0 Å². The number of carbonyl (C=O) groups is 1. The van der Waals surface area contributed by atoms with Crippen molar-refractivity contribution >= 4 is 34.9 Å². The highest BCUT2D eigenvalue weighted by Gasteiger charge is 2.07. The van der Waals surface area contributed by atoms with Crippen LogP contribution in [0.4, 0.5) is 5.82 Å². The number of amides is 1. The van der Waals surface area contributed by atoms with Gasteiger partial charge in [-0.1, -0.05) is 29.3 Å². The lowest BCUT2D eigenvalue weighted by Gasteiger charge is -2.03. The molecule has 0 aliphatic carbocycles. The van der Waals surface area contributed by atoms with Crippen LogP contribution < -0.4 is 5.32 Å². The smallest absolute Gasteiger partial charge is 0.229 e. The predicted molar refractivity (Wildman–Crippen MR) is 72.1 cm³/mol. The van der Waals surface area contributed by atoms with E-state index in [2.05, 4.69) is 15.5 Å². The fourth-order valence-electron chi connectivity index (χ4n) is 1.50. The van der Waals surface area contributed by atoms with Crippen LogP contribution in [0.15, 0.2) is 24.3 Å². The lowest BCUT2D eigenvalue weighted by Crippen LogP contribution is -2.14. The Bertz CT molecular complexity index is 580. The summed E-state index contributed by atoms with van der Waals surface area (Å²) in [5.41, 5.74) is 1.69. The number of hydrogen-bond donors (Lipinski definition) is 2. The molecule has 2 rings (SSSR count). The highest BCUT2D eigenvalue weighted by Crippen LogP contribution is 2.22. The van der Waals surface area contributed by atoms with Crippen LogP contribution in [0.1, 0.15) is 11.3 Å². The van der Waals surface area contributed by atoms with E-state index in [0.29, 0.717) is 15.9 Å². The van der Waals surface area contributed by atoms with Crippen molar-refractivity contribution in [2.75, 3.05) is 5.32 Å². The van der Waals surface area contributed by atoms with E-state index in [-0.39, 0.29) is 12.3 Å². The number of nitrogens with one attached hydrogen (secondary N) is 2. The van der Waals surface area contributed by atoms with E-state index in [1.54, 1.807) is 24.3 Å². The lowest BCUT2D eigenvalue weighted by molar-refractivity contribution is -0.115. The highest BCUT2D eigenvalue weighted by molar-refractivity contribution is 6.42. The Balaban J connectivity index is 2.00. The van der Waals surface area contributed by atoms with E-state index in [9.17, 15) is 4.79 Å². The molecular formula is C12H11Cl2N3O. The number of H-pyrrole nitrogens is 1. The second-order valence-corrected chi connectivity index (χ2v) is 4.72. The number of hydrogen-bond acceptors (Lipinski definition) is 2. The first-order chi connectivity index (χ1) is 8.54. The van der Waals surface area contributed by atoms with E-state index in [1.165, 1.54) is 0 Å². The van der Waals surface area contributed by atoms with Crippen LogP contribution in [-0.2, 0) is 11.2 Å². The molecule has 0 aliphatic heterocycles. The predicted octanol–water partition coefficient (Wildman–Crippen LogP) is 3.21. The molecule has 0 unspecified atom stereocenters. The van der Waals surface area contributed by atoms with Gasteiger partial charge in [0.05, 0.1) is 16.5 Å². The first-order valence-electron chi connectivity index (χ1n) is 5.30. The van der Waals surface area contributed by atoms with Gasteiger partial charge in [0, 0.05) is 11.8 Å². The number of nitrogens with zero attached hydrogens (tertiary/aromatic N) is 1. The zero-order valence-corrected chi connectivity index (χ0v) is 11.1. The number of aromatic nitrogens is 2. The summed E-state index contributed by atoms with van der Waals surface area (Å²) in [7, 11) is 0. The van der Waals surface area contributed by atoms with Crippen LogP contribution in [0.3, 0.4) is 0 Å². The van der Waals surface area contributed by atoms with Crippen LogP contribution in [0.25, 0.3) is 0 Å². The number of anilines is 1. The minimum Gasteiger partial charge on any atom is -0.309 e. The van der Waals surface area contributed by atoms with Crippen molar-refractivity contribution in [2.45, 2.75) is 13.3 Å². The summed E-state index contributed by atoms with van der Waals surface area (Å²) >= 11 is 11.7. The Morgan fingerprint density at radius 1 is 1.33 bits per heavy atom. The Hall–Kier alpha value is -1.52. The molecule has 2 aromatic rings. The minimum atomic E-state index is -0.153. The molecule has 0 bridgehead atoms. The number of halogens is 2. The fraction of sp³-hybridized carbons (Fsp3) is 0.167. The summed E-state index contributed by atoms with van der Waals surface area (Å²) in [6.07, 6.45) is 0.225. The molecular weight excluding hydrogens is 273 g/mol. The molecule has 0 atom stereocenters. The van der Waals surface area contributed by atoms with Crippen LogP contribution >= 0.6 is 23.2 Å². The van der Waals surface area contributed by atoms with Gasteiger partial charge >= 0.3 is 0 Å². The maximum absolute atomic E-state index is 11.7. The van der Waals surface area contributed by atoms with Crippen molar-refractivity contribution in [3.8, 4) is 0 Å². The molecule has 0 aliphatic rings. The molecule has 1 amide bonds. The van der Waals surface area contributed by atoms with Crippen molar-refractivity contribution in [2.24, 2.45) is 0 Å². The molecule has 1 heterocycles. The number of rotatable bonds is 3. The Morgan fingerprint density at radius 3 is 2.72 bits per heavy atom. The van der Waals surface area contributed by atoms with Crippen molar-refractivity contribution in [1.29, 1.82) is 0 Å². The molecule has 94 valence electrons. The average Bonchev–Trinajstić information content (AvgIpc) is 2.69. The summed E-state index contributed by atoms with van der Waals surface area (Å²) in [6.45, 7) is 1.86. The molecule has 6 heteroatoms. The van der Waals surface area contributed by atoms with Gasteiger partial charge in [0.1, 0.15) is 0 Å². The standard InChI is InChI=1S/C12H11Cl2N3O/c1-7-4-11(17-16-7)15-12(18)6-8-2-3-9(13)10(14)5-8/h2-5H,6H2,1H3,(H2,15,16,17,18). The maximum atomic E-state index is 11.7. The van der Waals surface area contributed by atoms with E-state index >= 15 is 0 Å². The summed E-state index contributed by atoms with van der Waals surface area (Å²) in [5.74, 6) is 0.359. The van der Waals surface area contributed by atoms with Crippen LogP contribution in [0, 0.1) is 6.92 Å². The summed E-state index contributed by atoms with van der Waals surface area (Å²) in [4.78, 5) is 11.7. The lowest BCUT2D eigenvalue weighted by atomic mass is 10.1. The van der Waals surface area contributed by atoms with Gasteiger partial charge in [-0.05, 0) is 24.6 Å². The third kappa shape index (κ3) is 3.24. The summed E-state index contributed by atoms with van der Waals surface area (Å²) < 4.78 is 0. The highest BCUT2D eigenvalue weighted by atomic mass is 35.5. The van der Waals surface area contributed by atoms with Gasteiger partial charge < -0.3 is 5.32 Å². The van der Waals surface area contributed by atoms with Gasteiger partial charge in [-0.3, -0.25) is 9.89 Å². The number of aromatic amines is 1. The SMILES string of the molecule is Cc1cc(NC(=O)Cc2ccc(Cl)c(Cl)c2)n[nH]1. The van der Waals surface area contributed by atoms with Gasteiger partial charge in [-0.2, -0.15) is 5.10 Å². The van der Waals surface area contributed by atoms with E-state index in [0.717, 1.165) is 11.3 Å². The number of benzene rings is 1. The molecule has 0 saturated heterocycles. The van der Waals surface area contributed by atoms with Gasteiger partial charge in [0.25, 0.3) is 0 Å². The molecule has 4 nitrogen and oxygen atoms in total. The largest absolute Gasteiger partial charge is 0.309 e. The molecule has 2 N–H and O–H groups in total. The van der Waals surface area contributed by atoms with E-state index in [4.69, 9.17) is 23.2 Å². The Labute approximate surface area is 114 Å². The molecule has 18 heavy (non-hydrogen) atoms. The molecule has 0 fully saturated rings. The maximum Gasteiger partial charge on any atom is 0.229 e. The third-order valence-electron chi connectivity index (χ3n) is 2.32. The average molecular weight is 284 g/mol. The zero-order chi connectivity index (χ0) is 13.1. The first-order valence-corrected chi connectivity index (χ1v) is 6.06. The third-order valence-corrected chi connectivity index (χ3v) is 3.06. The Morgan fingerprint density at radius 2 is 2.11 bits per heavy atom. The minimum absolute atomic E-state index is 0.153. The summed E-state index contributed by atoms with van der Waals surface area (Å²) in [5, 5.41) is 10.3. The quantitative estimate of drug-likeness (QED) is 0.909. The molecule has 0 spiro atoms. The van der Waals surface area contributed by atoms with Crippen LogP contribution in [-0.4, -0.2) is 16.1 Å². The van der Waals surface area contributed by atoms with Gasteiger partial charge in [-0.25, -0.2) is 0 Å².